The van der Waals surface area contributed by atoms with Gasteiger partial charge in [-0.15, -0.1) is 0 Å². The summed E-state index contributed by atoms with van der Waals surface area (Å²) in [6.07, 6.45) is 2.19. The molecule has 1 aliphatic carbocycles. The SMILES string of the molecule is Cc1cccc(C=NC2CCC2F)c1O.[Cl][Zr][Cl]. The Morgan fingerprint density at radius 2 is 2.11 bits per heavy atom. The molecule has 0 aliphatic heterocycles. The zero-order chi connectivity index (χ0) is 13.5. The first-order valence-corrected chi connectivity index (χ1v) is 11.8. The van der Waals surface area contributed by atoms with E-state index in [-0.39, 0.29) is 11.8 Å². The topological polar surface area (TPSA) is 32.6 Å². The average molecular weight is 369 g/mol. The molecule has 0 spiro atoms. The van der Waals surface area contributed by atoms with Gasteiger partial charge in [0, 0.05) is 11.8 Å². The summed E-state index contributed by atoms with van der Waals surface area (Å²) in [5.74, 6) is 0.232. The van der Waals surface area contributed by atoms with Crippen LogP contribution < -0.4 is 0 Å². The monoisotopic (exact) mass is 367 g/mol. The summed E-state index contributed by atoms with van der Waals surface area (Å²) in [6.45, 7) is 1.83. The van der Waals surface area contributed by atoms with E-state index in [1.807, 2.05) is 19.1 Å². The minimum absolute atomic E-state index is 0.204. The predicted molar refractivity (Wildman–Crippen MR) is 70.1 cm³/mol. The molecule has 0 radical (unpaired) electrons. The number of rotatable bonds is 2. The van der Waals surface area contributed by atoms with Crippen molar-refractivity contribution in [3.8, 4) is 5.75 Å². The van der Waals surface area contributed by atoms with Crippen molar-refractivity contribution in [3.63, 3.8) is 0 Å². The third-order valence-corrected chi connectivity index (χ3v) is 2.83. The van der Waals surface area contributed by atoms with E-state index in [1.54, 1.807) is 12.3 Å². The molecule has 1 saturated carbocycles. The van der Waals surface area contributed by atoms with Crippen LogP contribution in [0.1, 0.15) is 24.0 Å². The van der Waals surface area contributed by atoms with E-state index in [0.717, 1.165) is 12.0 Å². The number of halogens is 3. The number of para-hydroxylation sites is 1. The fourth-order valence-corrected chi connectivity index (χ4v) is 1.57. The van der Waals surface area contributed by atoms with Gasteiger partial charge in [-0.3, -0.25) is 4.99 Å². The number of aryl methyl sites for hydroxylation is 1. The standard InChI is InChI=1S/C12H14FNO.2ClH.Zr/c1-8-3-2-4-9(12(8)15)7-14-11-6-5-10(11)13;;;/h2-4,7,10-11,15H,5-6H2,1H3;2*1H;/q;;;+2/p-2. The van der Waals surface area contributed by atoms with E-state index in [1.165, 1.54) is 0 Å². The second-order valence-electron chi connectivity index (χ2n) is 4.02. The molecule has 0 saturated heterocycles. The van der Waals surface area contributed by atoms with Gasteiger partial charge in [0.2, 0.25) is 0 Å². The Bertz CT molecular complexity index is 417. The number of phenols is 1. The van der Waals surface area contributed by atoms with Crippen LogP contribution in [0.3, 0.4) is 0 Å². The van der Waals surface area contributed by atoms with Crippen molar-refractivity contribution in [2.45, 2.75) is 32.0 Å². The number of aromatic hydroxyl groups is 1. The number of alkyl halides is 1. The molecular formula is C12H14Cl2FNOZr. The van der Waals surface area contributed by atoms with Crippen LogP contribution in [-0.4, -0.2) is 23.5 Å². The van der Waals surface area contributed by atoms with Gasteiger partial charge in [-0.05, 0) is 31.4 Å². The molecule has 18 heavy (non-hydrogen) atoms. The number of nitrogens with zero attached hydrogens (tertiary/aromatic N) is 1. The second-order valence-corrected chi connectivity index (χ2v) is 7.75. The van der Waals surface area contributed by atoms with E-state index >= 15 is 0 Å². The summed E-state index contributed by atoms with van der Waals surface area (Å²) >= 11 is -0.826. The van der Waals surface area contributed by atoms with Crippen molar-refractivity contribution in [1.82, 2.24) is 0 Å². The van der Waals surface area contributed by atoms with Gasteiger partial charge in [0.1, 0.15) is 11.9 Å². The summed E-state index contributed by atoms with van der Waals surface area (Å²) in [5.41, 5.74) is 1.47. The second kappa shape index (κ2) is 8.29. The summed E-state index contributed by atoms with van der Waals surface area (Å²) in [4.78, 5) is 4.12. The molecule has 0 aromatic heterocycles. The van der Waals surface area contributed by atoms with Crippen molar-refractivity contribution in [2.75, 3.05) is 0 Å². The molecule has 0 heterocycles. The first-order valence-electron chi connectivity index (χ1n) is 5.52. The summed E-state index contributed by atoms with van der Waals surface area (Å²) in [5, 5.41) is 9.68. The molecular weight excluding hydrogens is 355 g/mol. The van der Waals surface area contributed by atoms with Gasteiger partial charge in [0.15, 0.2) is 0 Å². The van der Waals surface area contributed by atoms with Crippen LogP contribution in [0.25, 0.3) is 0 Å². The third kappa shape index (κ3) is 4.64. The summed E-state index contributed by atoms with van der Waals surface area (Å²) in [7, 11) is 9.87. The minimum atomic E-state index is -0.826. The van der Waals surface area contributed by atoms with Gasteiger partial charge in [-0.25, -0.2) is 4.39 Å². The Morgan fingerprint density at radius 1 is 1.44 bits per heavy atom. The number of hydrogen-bond acceptors (Lipinski definition) is 2. The van der Waals surface area contributed by atoms with Gasteiger partial charge in [0.25, 0.3) is 0 Å². The molecule has 1 aromatic carbocycles. The Kier molecular flexibility index (Phi) is 7.44. The van der Waals surface area contributed by atoms with E-state index < -0.39 is 27.0 Å². The van der Waals surface area contributed by atoms with Crippen LogP contribution in [-0.2, 0) is 20.8 Å². The Morgan fingerprint density at radius 3 is 2.61 bits per heavy atom. The van der Waals surface area contributed by atoms with Crippen LogP contribution in [0, 0.1) is 6.92 Å². The zero-order valence-corrected chi connectivity index (χ0v) is 13.9. The van der Waals surface area contributed by atoms with Crippen molar-refractivity contribution < 1.29 is 30.3 Å². The molecule has 98 valence electrons. The maximum atomic E-state index is 12.9. The van der Waals surface area contributed by atoms with Crippen molar-refractivity contribution in [1.29, 1.82) is 0 Å². The first kappa shape index (κ1) is 16.1. The molecule has 1 N–H and O–H groups in total. The predicted octanol–water partition coefficient (Wildman–Crippen LogP) is 4.00. The van der Waals surface area contributed by atoms with Crippen molar-refractivity contribution >= 4 is 23.2 Å². The van der Waals surface area contributed by atoms with Crippen LogP contribution in [0.15, 0.2) is 23.2 Å². The maximum absolute atomic E-state index is 12.9. The molecule has 6 heteroatoms. The van der Waals surface area contributed by atoms with E-state index in [4.69, 9.17) is 17.0 Å². The number of phenolic OH excluding ortho intramolecular Hbond substituents is 1. The normalized spacial score (nSPS) is 22.0. The van der Waals surface area contributed by atoms with Gasteiger partial charge in [0.05, 0.1) is 6.04 Å². The van der Waals surface area contributed by atoms with Crippen molar-refractivity contribution in [2.24, 2.45) is 4.99 Å². The molecule has 2 atom stereocenters. The Labute approximate surface area is 125 Å². The van der Waals surface area contributed by atoms with Crippen LogP contribution in [0.5, 0.6) is 5.75 Å². The quantitative estimate of drug-likeness (QED) is 0.786. The molecule has 0 bridgehead atoms. The fraction of sp³-hybridized carbons (Fsp3) is 0.417. The van der Waals surface area contributed by atoms with E-state index in [0.29, 0.717) is 12.0 Å². The summed E-state index contributed by atoms with van der Waals surface area (Å²) in [6, 6.07) is 5.25. The molecule has 2 nitrogen and oxygen atoms in total. The number of hydrogen-bond donors (Lipinski definition) is 1. The first-order chi connectivity index (χ1) is 8.60. The molecule has 1 aromatic rings. The molecule has 1 fully saturated rings. The summed E-state index contributed by atoms with van der Waals surface area (Å²) < 4.78 is 12.9. The van der Waals surface area contributed by atoms with Crippen LogP contribution in [0.4, 0.5) is 4.39 Å². The zero-order valence-electron chi connectivity index (χ0n) is 9.91. The Balaban J connectivity index is 0.000000492. The number of benzene rings is 1. The number of aliphatic imine (C=N–C) groups is 1. The van der Waals surface area contributed by atoms with Gasteiger partial charge in [-0.1, -0.05) is 12.1 Å². The van der Waals surface area contributed by atoms with Gasteiger partial charge >= 0.3 is 37.9 Å². The van der Waals surface area contributed by atoms with Gasteiger partial charge < -0.3 is 5.11 Å². The van der Waals surface area contributed by atoms with Crippen molar-refractivity contribution in [3.05, 3.63) is 29.3 Å². The van der Waals surface area contributed by atoms with Crippen LogP contribution in [0.2, 0.25) is 0 Å². The van der Waals surface area contributed by atoms with Gasteiger partial charge in [-0.2, -0.15) is 0 Å². The average Bonchev–Trinajstić information content (AvgIpc) is 2.34. The fourth-order valence-electron chi connectivity index (χ4n) is 1.57. The molecule has 2 rings (SSSR count). The molecule has 0 amide bonds. The third-order valence-electron chi connectivity index (χ3n) is 2.83. The molecule has 1 aliphatic rings. The van der Waals surface area contributed by atoms with E-state index in [9.17, 15) is 9.50 Å². The molecule has 2 unspecified atom stereocenters. The van der Waals surface area contributed by atoms with E-state index in [2.05, 4.69) is 4.99 Å². The Hall–Kier alpha value is 0.0831. The van der Waals surface area contributed by atoms with Crippen LogP contribution >= 0.6 is 17.0 Å².